The normalized spacial score (nSPS) is 19.7. The molecule has 0 unspecified atom stereocenters. The summed E-state index contributed by atoms with van der Waals surface area (Å²) >= 11 is 1.40. The largest absolute Gasteiger partial charge is 0.362 e. The van der Waals surface area contributed by atoms with E-state index in [1.54, 1.807) is 0 Å². The SMILES string of the molecule is CCCN1c2cc(C)c(/C=C3/SC(=Nc4ccc(C)c(C)c4)NC3=O)cc2C(C)=CC1(C)C. The van der Waals surface area contributed by atoms with Gasteiger partial charge in [0, 0.05) is 17.8 Å². The number of fused-ring (bicyclic) bond motifs is 1. The molecule has 5 heteroatoms. The van der Waals surface area contributed by atoms with E-state index in [2.05, 4.69) is 88.0 Å². The van der Waals surface area contributed by atoms with Gasteiger partial charge in [0.15, 0.2) is 5.17 Å². The predicted molar refractivity (Wildman–Crippen MR) is 143 cm³/mol. The van der Waals surface area contributed by atoms with Crippen LogP contribution < -0.4 is 10.2 Å². The van der Waals surface area contributed by atoms with E-state index in [4.69, 9.17) is 0 Å². The average Bonchev–Trinajstić information content (AvgIpc) is 3.07. The monoisotopic (exact) mass is 459 g/mol. The molecule has 33 heavy (non-hydrogen) atoms. The van der Waals surface area contributed by atoms with Gasteiger partial charge in [-0.05, 0) is 118 Å². The molecular weight excluding hydrogens is 426 g/mol. The van der Waals surface area contributed by atoms with Crippen LogP contribution in [0.5, 0.6) is 0 Å². The van der Waals surface area contributed by atoms with Crippen LogP contribution in [0.3, 0.4) is 0 Å². The number of aliphatic imine (C=N–C) groups is 1. The van der Waals surface area contributed by atoms with Crippen molar-refractivity contribution in [1.82, 2.24) is 5.32 Å². The zero-order valence-corrected chi connectivity index (χ0v) is 21.5. The van der Waals surface area contributed by atoms with Crippen LogP contribution in [0.2, 0.25) is 0 Å². The van der Waals surface area contributed by atoms with Gasteiger partial charge < -0.3 is 10.2 Å². The summed E-state index contributed by atoms with van der Waals surface area (Å²) in [4.78, 5) is 20.5. The third-order valence-corrected chi connectivity index (χ3v) is 7.38. The molecule has 0 saturated carbocycles. The van der Waals surface area contributed by atoms with Gasteiger partial charge >= 0.3 is 0 Å². The number of thioether (sulfide) groups is 1. The second-order valence-corrected chi connectivity index (χ2v) is 10.6. The highest BCUT2D eigenvalue weighted by Crippen LogP contribution is 2.41. The lowest BCUT2D eigenvalue weighted by molar-refractivity contribution is -0.115. The molecule has 0 bridgehead atoms. The third kappa shape index (κ3) is 4.65. The number of nitrogens with one attached hydrogen (secondary N) is 1. The summed E-state index contributed by atoms with van der Waals surface area (Å²) in [7, 11) is 0. The zero-order chi connectivity index (χ0) is 23.9. The maximum atomic E-state index is 12.7. The van der Waals surface area contributed by atoms with Gasteiger partial charge in [0.25, 0.3) is 5.91 Å². The van der Waals surface area contributed by atoms with Crippen molar-refractivity contribution < 1.29 is 4.79 Å². The van der Waals surface area contributed by atoms with Gasteiger partial charge in [0.1, 0.15) is 0 Å². The molecule has 1 fully saturated rings. The number of hydrogen-bond acceptors (Lipinski definition) is 4. The quantitative estimate of drug-likeness (QED) is 0.505. The van der Waals surface area contributed by atoms with Gasteiger partial charge in [0.2, 0.25) is 0 Å². The van der Waals surface area contributed by atoms with Gasteiger partial charge in [0.05, 0.1) is 16.1 Å². The standard InChI is InChI=1S/C28H33N3OS/c1-8-11-31-24-13-19(4)21(14-23(24)20(5)16-28(31,6)7)15-25-26(32)30-27(33-25)29-22-10-9-17(2)18(3)12-22/h9-10,12-16H,8,11H2,1-7H3,(H,29,30,32)/b25-15+. The van der Waals surface area contributed by atoms with Crippen LogP contribution in [-0.2, 0) is 4.79 Å². The molecular formula is C28H33N3OS. The van der Waals surface area contributed by atoms with Crippen molar-refractivity contribution in [3.05, 3.63) is 69.1 Å². The molecule has 0 spiro atoms. The number of anilines is 1. The Morgan fingerprint density at radius 2 is 1.82 bits per heavy atom. The maximum Gasteiger partial charge on any atom is 0.264 e. The summed E-state index contributed by atoms with van der Waals surface area (Å²) in [6.07, 6.45) is 5.44. The minimum atomic E-state index is -0.0966. The molecule has 1 amide bonds. The molecule has 1 saturated heterocycles. The summed E-state index contributed by atoms with van der Waals surface area (Å²) in [5, 5.41) is 3.54. The number of amides is 1. The van der Waals surface area contributed by atoms with E-state index in [1.807, 2.05) is 18.2 Å². The van der Waals surface area contributed by atoms with Gasteiger partial charge in [-0.3, -0.25) is 4.79 Å². The average molecular weight is 460 g/mol. The van der Waals surface area contributed by atoms with Crippen molar-refractivity contribution in [3.63, 3.8) is 0 Å². The fourth-order valence-electron chi connectivity index (χ4n) is 4.57. The molecule has 2 aromatic carbocycles. The maximum absolute atomic E-state index is 12.7. The molecule has 0 radical (unpaired) electrons. The molecule has 172 valence electrons. The number of carbonyl (C=O) groups is 1. The highest BCUT2D eigenvalue weighted by molar-refractivity contribution is 8.18. The molecule has 2 heterocycles. The van der Waals surface area contributed by atoms with Crippen molar-refractivity contribution in [3.8, 4) is 0 Å². The Balaban J connectivity index is 1.67. The van der Waals surface area contributed by atoms with Crippen LogP contribution >= 0.6 is 11.8 Å². The molecule has 2 aromatic rings. The molecule has 1 N–H and O–H groups in total. The predicted octanol–water partition coefficient (Wildman–Crippen LogP) is 6.92. The van der Waals surface area contributed by atoms with Crippen LogP contribution in [0.15, 0.2) is 46.3 Å². The molecule has 4 nitrogen and oxygen atoms in total. The van der Waals surface area contributed by atoms with Crippen LogP contribution in [0, 0.1) is 20.8 Å². The highest BCUT2D eigenvalue weighted by Gasteiger charge is 2.31. The second kappa shape index (κ2) is 8.86. The molecule has 0 aromatic heterocycles. The number of benzene rings is 2. The van der Waals surface area contributed by atoms with Gasteiger partial charge in [-0.15, -0.1) is 0 Å². The molecule has 2 aliphatic heterocycles. The lowest BCUT2D eigenvalue weighted by Gasteiger charge is -2.43. The first-order valence-electron chi connectivity index (χ1n) is 11.6. The van der Waals surface area contributed by atoms with Crippen molar-refractivity contribution in [2.24, 2.45) is 4.99 Å². The fraction of sp³-hybridized carbons (Fsp3) is 0.357. The van der Waals surface area contributed by atoms with Crippen LogP contribution in [0.1, 0.15) is 61.9 Å². The van der Waals surface area contributed by atoms with Crippen LogP contribution in [-0.4, -0.2) is 23.2 Å². The summed E-state index contributed by atoms with van der Waals surface area (Å²) in [6.45, 7) is 16.2. The first kappa shape index (κ1) is 23.4. The summed E-state index contributed by atoms with van der Waals surface area (Å²) < 4.78 is 0. The van der Waals surface area contributed by atoms with E-state index < -0.39 is 0 Å². The first-order chi connectivity index (χ1) is 15.6. The van der Waals surface area contributed by atoms with E-state index in [9.17, 15) is 4.79 Å². The Bertz CT molecular complexity index is 1220. The number of amidine groups is 1. The molecule has 0 atom stereocenters. The Hall–Kier alpha value is -2.79. The number of aryl methyl sites for hydroxylation is 3. The van der Waals surface area contributed by atoms with Crippen molar-refractivity contribution in [2.75, 3.05) is 11.4 Å². The Morgan fingerprint density at radius 1 is 1.06 bits per heavy atom. The summed E-state index contributed by atoms with van der Waals surface area (Å²) in [5.41, 5.74) is 9.30. The van der Waals surface area contributed by atoms with E-state index in [-0.39, 0.29) is 11.4 Å². The number of carbonyl (C=O) groups excluding carboxylic acids is 1. The van der Waals surface area contributed by atoms with Crippen molar-refractivity contribution >= 4 is 45.9 Å². The number of allylic oxidation sites excluding steroid dienone is 1. The van der Waals surface area contributed by atoms with Crippen molar-refractivity contribution in [2.45, 2.75) is 60.4 Å². The van der Waals surface area contributed by atoms with E-state index in [1.165, 1.54) is 45.3 Å². The van der Waals surface area contributed by atoms with E-state index >= 15 is 0 Å². The fourth-order valence-corrected chi connectivity index (χ4v) is 5.40. The number of rotatable bonds is 4. The second-order valence-electron chi connectivity index (χ2n) is 9.61. The van der Waals surface area contributed by atoms with Gasteiger partial charge in [-0.2, -0.15) is 0 Å². The van der Waals surface area contributed by atoms with Crippen molar-refractivity contribution in [1.29, 1.82) is 0 Å². The van der Waals surface area contributed by atoms with Crippen LogP contribution in [0.4, 0.5) is 11.4 Å². The third-order valence-electron chi connectivity index (χ3n) is 6.47. The number of nitrogens with zero attached hydrogens (tertiary/aromatic N) is 2. The molecule has 2 aliphatic rings. The summed E-state index contributed by atoms with van der Waals surface area (Å²) in [5.74, 6) is -0.0966. The summed E-state index contributed by atoms with van der Waals surface area (Å²) in [6, 6.07) is 10.6. The molecule has 0 aliphatic carbocycles. The van der Waals surface area contributed by atoms with E-state index in [0.29, 0.717) is 10.1 Å². The Labute approximate surface area is 201 Å². The minimum Gasteiger partial charge on any atom is -0.362 e. The number of hydrogen-bond donors (Lipinski definition) is 1. The topological polar surface area (TPSA) is 44.7 Å². The van der Waals surface area contributed by atoms with Gasteiger partial charge in [-0.1, -0.05) is 19.1 Å². The smallest absolute Gasteiger partial charge is 0.264 e. The molecule has 4 rings (SSSR count). The van der Waals surface area contributed by atoms with Crippen LogP contribution in [0.25, 0.3) is 11.6 Å². The van der Waals surface area contributed by atoms with E-state index in [0.717, 1.165) is 24.2 Å². The zero-order valence-electron chi connectivity index (χ0n) is 20.7. The van der Waals surface area contributed by atoms with Gasteiger partial charge in [-0.25, -0.2) is 4.99 Å². The minimum absolute atomic E-state index is 0.0135. The Kier molecular flexibility index (Phi) is 6.28. The Morgan fingerprint density at radius 3 is 2.52 bits per heavy atom. The highest BCUT2D eigenvalue weighted by atomic mass is 32.2. The first-order valence-corrected chi connectivity index (χ1v) is 12.4. The lowest BCUT2D eigenvalue weighted by atomic mass is 9.86. The lowest BCUT2D eigenvalue weighted by Crippen LogP contribution is -2.45.